The van der Waals surface area contributed by atoms with Crippen LogP contribution in [-0.2, 0) is 19.7 Å². The molecule has 1 atom stereocenters. The summed E-state index contributed by atoms with van der Waals surface area (Å²) in [5.74, 6) is -1.37. The number of nitrogens with zero attached hydrogens (tertiary/aromatic N) is 2. The molecule has 0 aromatic heterocycles. The first-order chi connectivity index (χ1) is 7.07. The summed E-state index contributed by atoms with van der Waals surface area (Å²) < 4.78 is 30.8. The Balaban J connectivity index is 5.00. The van der Waals surface area contributed by atoms with Crippen LogP contribution in [0.25, 0.3) is 0 Å². The van der Waals surface area contributed by atoms with Gasteiger partial charge >= 0.3 is 0 Å². The molecule has 0 heterocycles. The molecule has 0 saturated heterocycles. The SMILES string of the molecule is CN(C)C(=O)CC(C(=O)N(C)C)S(=O)(=O)O. The van der Waals surface area contributed by atoms with Crippen molar-refractivity contribution in [1.29, 1.82) is 0 Å². The highest BCUT2D eigenvalue weighted by Gasteiger charge is 2.34. The van der Waals surface area contributed by atoms with Crippen LogP contribution >= 0.6 is 0 Å². The average Bonchev–Trinajstić information content (AvgIpc) is 2.10. The fourth-order valence-corrected chi connectivity index (χ4v) is 1.77. The molecule has 0 radical (unpaired) electrons. The second-order valence-corrected chi connectivity index (χ2v) is 5.33. The molecular formula is C8H16N2O5S. The van der Waals surface area contributed by atoms with Crippen molar-refractivity contribution in [2.24, 2.45) is 0 Å². The third-order valence-electron chi connectivity index (χ3n) is 1.93. The van der Waals surface area contributed by atoms with Crippen molar-refractivity contribution in [3.8, 4) is 0 Å². The van der Waals surface area contributed by atoms with E-state index in [1.165, 1.54) is 28.2 Å². The lowest BCUT2D eigenvalue weighted by Gasteiger charge is -2.19. The van der Waals surface area contributed by atoms with E-state index in [-0.39, 0.29) is 0 Å². The van der Waals surface area contributed by atoms with Crippen LogP contribution in [0.3, 0.4) is 0 Å². The molecule has 0 aliphatic heterocycles. The predicted octanol–water partition coefficient (Wildman–Crippen LogP) is -1.19. The zero-order chi connectivity index (χ0) is 13.1. The van der Waals surface area contributed by atoms with Crippen molar-refractivity contribution in [3.63, 3.8) is 0 Å². The van der Waals surface area contributed by atoms with E-state index in [0.717, 1.165) is 9.80 Å². The highest BCUT2D eigenvalue weighted by molar-refractivity contribution is 7.87. The van der Waals surface area contributed by atoms with Crippen LogP contribution in [0, 0.1) is 0 Å². The molecule has 1 unspecified atom stereocenters. The minimum absolute atomic E-state index is 0.544. The van der Waals surface area contributed by atoms with Crippen molar-refractivity contribution in [3.05, 3.63) is 0 Å². The smallest absolute Gasteiger partial charge is 0.277 e. The molecular weight excluding hydrogens is 236 g/mol. The molecule has 0 spiro atoms. The summed E-state index contributed by atoms with van der Waals surface area (Å²) in [5.41, 5.74) is 0. The van der Waals surface area contributed by atoms with Gasteiger partial charge in [-0.25, -0.2) is 0 Å². The van der Waals surface area contributed by atoms with Crippen molar-refractivity contribution >= 4 is 21.9 Å². The van der Waals surface area contributed by atoms with Crippen molar-refractivity contribution in [1.82, 2.24) is 9.80 Å². The fraction of sp³-hybridized carbons (Fsp3) is 0.750. The number of carbonyl (C=O) groups is 2. The molecule has 94 valence electrons. The maximum absolute atomic E-state index is 11.5. The van der Waals surface area contributed by atoms with Crippen LogP contribution in [0.5, 0.6) is 0 Å². The first-order valence-electron chi connectivity index (χ1n) is 4.45. The molecule has 8 heteroatoms. The Hall–Kier alpha value is -1.15. The summed E-state index contributed by atoms with van der Waals surface area (Å²) in [6.45, 7) is 0. The third-order valence-corrected chi connectivity index (χ3v) is 3.02. The monoisotopic (exact) mass is 252 g/mol. The zero-order valence-electron chi connectivity index (χ0n) is 9.67. The standard InChI is InChI=1S/C8H16N2O5S/c1-9(2)7(11)5-6(16(13,14)15)8(12)10(3)4/h6H,5H2,1-4H3,(H,13,14,15). The highest BCUT2D eigenvalue weighted by atomic mass is 32.2. The Kier molecular flexibility index (Phi) is 4.88. The molecule has 16 heavy (non-hydrogen) atoms. The van der Waals surface area contributed by atoms with Gasteiger partial charge in [-0.05, 0) is 0 Å². The van der Waals surface area contributed by atoms with Crippen LogP contribution in [-0.4, -0.2) is 68.0 Å². The molecule has 0 aliphatic rings. The molecule has 0 aromatic carbocycles. The van der Waals surface area contributed by atoms with E-state index in [0.29, 0.717) is 0 Å². The first kappa shape index (κ1) is 14.8. The van der Waals surface area contributed by atoms with Gasteiger partial charge in [-0.3, -0.25) is 14.1 Å². The molecule has 0 fully saturated rings. The molecule has 0 saturated carbocycles. The van der Waals surface area contributed by atoms with Gasteiger partial charge in [0, 0.05) is 28.2 Å². The van der Waals surface area contributed by atoms with Crippen LogP contribution < -0.4 is 0 Å². The topological polar surface area (TPSA) is 95.0 Å². The summed E-state index contributed by atoms with van der Waals surface area (Å²) in [6, 6.07) is 0. The molecule has 0 aliphatic carbocycles. The lowest BCUT2D eigenvalue weighted by molar-refractivity contribution is -0.134. The maximum atomic E-state index is 11.5. The van der Waals surface area contributed by atoms with Gasteiger partial charge in [0.05, 0.1) is 6.42 Å². The van der Waals surface area contributed by atoms with Crippen LogP contribution in [0.15, 0.2) is 0 Å². The first-order valence-corrected chi connectivity index (χ1v) is 5.95. The Morgan fingerprint density at radius 3 is 1.81 bits per heavy atom. The third kappa shape index (κ3) is 4.15. The Morgan fingerprint density at radius 1 is 1.12 bits per heavy atom. The highest BCUT2D eigenvalue weighted by Crippen LogP contribution is 2.08. The van der Waals surface area contributed by atoms with Crippen LogP contribution in [0.1, 0.15) is 6.42 Å². The number of hydrogen-bond acceptors (Lipinski definition) is 4. The Morgan fingerprint density at radius 2 is 1.56 bits per heavy atom. The summed E-state index contributed by atoms with van der Waals surface area (Å²) in [4.78, 5) is 24.9. The van der Waals surface area contributed by atoms with E-state index in [2.05, 4.69) is 0 Å². The van der Waals surface area contributed by atoms with E-state index >= 15 is 0 Å². The van der Waals surface area contributed by atoms with Gasteiger partial charge in [-0.15, -0.1) is 0 Å². The fourth-order valence-electron chi connectivity index (χ4n) is 0.949. The van der Waals surface area contributed by atoms with E-state index in [1.54, 1.807) is 0 Å². The van der Waals surface area contributed by atoms with E-state index in [9.17, 15) is 18.0 Å². The average molecular weight is 252 g/mol. The Labute approximate surface area is 94.8 Å². The van der Waals surface area contributed by atoms with Gasteiger partial charge in [-0.1, -0.05) is 0 Å². The van der Waals surface area contributed by atoms with Gasteiger partial charge in [-0.2, -0.15) is 8.42 Å². The van der Waals surface area contributed by atoms with Crippen LogP contribution in [0.2, 0.25) is 0 Å². The second kappa shape index (κ2) is 5.26. The summed E-state index contributed by atoms with van der Waals surface area (Å²) in [7, 11) is 0.987. The molecule has 0 bridgehead atoms. The summed E-state index contributed by atoms with van der Waals surface area (Å²) >= 11 is 0. The van der Waals surface area contributed by atoms with Gasteiger partial charge in [0.25, 0.3) is 10.1 Å². The van der Waals surface area contributed by atoms with Gasteiger partial charge < -0.3 is 9.80 Å². The number of hydrogen-bond donors (Lipinski definition) is 1. The van der Waals surface area contributed by atoms with Crippen molar-refractivity contribution in [2.45, 2.75) is 11.7 Å². The van der Waals surface area contributed by atoms with E-state index in [4.69, 9.17) is 4.55 Å². The summed E-state index contributed by atoms with van der Waals surface area (Å²) in [6.07, 6.45) is -0.567. The van der Waals surface area contributed by atoms with Gasteiger partial charge in [0.15, 0.2) is 5.25 Å². The summed E-state index contributed by atoms with van der Waals surface area (Å²) in [5, 5.41) is -1.74. The maximum Gasteiger partial charge on any atom is 0.277 e. The molecule has 1 N–H and O–H groups in total. The van der Waals surface area contributed by atoms with Crippen molar-refractivity contribution in [2.75, 3.05) is 28.2 Å². The van der Waals surface area contributed by atoms with Gasteiger partial charge in [0.2, 0.25) is 11.8 Å². The number of rotatable bonds is 4. The number of carbonyl (C=O) groups excluding carboxylic acids is 2. The van der Waals surface area contributed by atoms with E-state index in [1.807, 2.05) is 0 Å². The normalized spacial score (nSPS) is 13.1. The zero-order valence-corrected chi connectivity index (χ0v) is 10.5. The lowest BCUT2D eigenvalue weighted by atomic mass is 10.2. The second-order valence-electron chi connectivity index (χ2n) is 3.73. The minimum Gasteiger partial charge on any atom is -0.349 e. The Bertz CT molecular complexity index is 374. The minimum atomic E-state index is -4.58. The van der Waals surface area contributed by atoms with E-state index < -0.39 is 33.6 Å². The molecule has 2 amide bonds. The lowest BCUT2D eigenvalue weighted by Crippen LogP contribution is -2.42. The predicted molar refractivity (Wildman–Crippen MR) is 57.3 cm³/mol. The molecule has 0 rings (SSSR count). The quantitative estimate of drug-likeness (QED) is 0.635. The van der Waals surface area contributed by atoms with Crippen LogP contribution in [0.4, 0.5) is 0 Å². The molecule has 7 nitrogen and oxygen atoms in total. The largest absolute Gasteiger partial charge is 0.349 e. The van der Waals surface area contributed by atoms with Crippen molar-refractivity contribution < 1.29 is 22.6 Å². The van der Waals surface area contributed by atoms with Gasteiger partial charge in [0.1, 0.15) is 0 Å². The number of amides is 2. The molecule has 0 aromatic rings.